The minimum absolute atomic E-state index is 0.350. The van der Waals surface area contributed by atoms with Crippen LogP contribution in [0.25, 0.3) is 0 Å². The van der Waals surface area contributed by atoms with Gasteiger partial charge in [-0.1, -0.05) is 48.4 Å². The van der Waals surface area contributed by atoms with Gasteiger partial charge in [0.05, 0.1) is 0 Å². The van der Waals surface area contributed by atoms with Crippen LogP contribution in [0, 0.1) is 0 Å². The van der Waals surface area contributed by atoms with Gasteiger partial charge in [-0.05, 0) is 25.7 Å². The molecule has 98 valence electrons. The van der Waals surface area contributed by atoms with Gasteiger partial charge in [0, 0.05) is 16.7 Å². The molecule has 0 heterocycles. The molecule has 0 spiro atoms. The maximum atomic E-state index is 11.3. The first-order valence-corrected chi connectivity index (χ1v) is 7.97. The lowest BCUT2D eigenvalue weighted by Gasteiger charge is -2.31. The summed E-state index contributed by atoms with van der Waals surface area (Å²) in [5.41, 5.74) is 1.25. The number of aliphatic carboxylic acids is 1. The van der Waals surface area contributed by atoms with Crippen molar-refractivity contribution < 1.29 is 9.90 Å². The van der Waals surface area contributed by atoms with Gasteiger partial charge in [-0.3, -0.25) is 0 Å². The van der Waals surface area contributed by atoms with Gasteiger partial charge in [0.1, 0.15) is 6.04 Å². The number of hydrogen-bond acceptors (Lipinski definition) is 2. The third kappa shape index (κ3) is 4.48. The van der Waals surface area contributed by atoms with E-state index in [2.05, 4.69) is 40.5 Å². The number of unbranched alkanes of at least 4 members (excludes halogenated alkanes) is 2. The van der Waals surface area contributed by atoms with E-state index in [1.54, 1.807) is 0 Å². The van der Waals surface area contributed by atoms with Crippen molar-refractivity contribution in [3.05, 3.63) is 11.8 Å². The van der Waals surface area contributed by atoms with E-state index in [0.29, 0.717) is 4.43 Å². The van der Waals surface area contributed by atoms with Gasteiger partial charge < -0.3 is 10.0 Å². The summed E-state index contributed by atoms with van der Waals surface area (Å²) in [6.07, 6.45) is 8.99. The molecule has 1 aliphatic carbocycles. The second-order valence-corrected chi connectivity index (χ2v) is 5.38. The van der Waals surface area contributed by atoms with Crippen LogP contribution >= 0.6 is 22.6 Å². The van der Waals surface area contributed by atoms with Crippen molar-refractivity contribution in [1.29, 1.82) is 0 Å². The molecule has 3 nitrogen and oxygen atoms in total. The third-order valence-corrected chi connectivity index (χ3v) is 4.03. The Balaban J connectivity index is 2.66. The van der Waals surface area contributed by atoms with Gasteiger partial charge in [-0.2, -0.15) is 0 Å². The lowest BCUT2D eigenvalue weighted by Crippen LogP contribution is -2.42. The van der Waals surface area contributed by atoms with E-state index in [0.717, 1.165) is 25.8 Å². The van der Waals surface area contributed by atoms with Crippen molar-refractivity contribution in [2.75, 3.05) is 11.0 Å². The number of carboxylic acid groups (broad SMARTS) is 1. The smallest absolute Gasteiger partial charge is 0.327 e. The van der Waals surface area contributed by atoms with Gasteiger partial charge in [-0.15, -0.1) is 0 Å². The van der Waals surface area contributed by atoms with E-state index >= 15 is 0 Å². The molecule has 0 aromatic heterocycles. The fraction of sp³-hybridized carbons (Fsp3) is 0.769. The molecule has 1 unspecified atom stereocenters. The fourth-order valence-corrected chi connectivity index (χ4v) is 3.08. The Morgan fingerprint density at radius 2 is 2.35 bits per heavy atom. The molecular formula is C13H22INO2. The van der Waals surface area contributed by atoms with Crippen LogP contribution < -0.4 is 0 Å². The van der Waals surface area contributed by atoms with E-state index in [9.17, 15) is 9.90 Å². The molecule has 0 fully saturated rings. The van der Waals surface area contributed by atoms with Crippen molar-refractivity contribution >= 4 is 28.6 Å². The van der Waals surface area contributed by atoms with Crippen molar-refractivity contribution in [2.45, 2.75) is 51.5 Å². The first-order valence-electron chi connectivity index (χ1n) is 6.45. The predicted molar refractivity (Wildman–Crippen MR) is 78.5 cm³/mol. The fourth-order valence-electron chi connectivity index (χ4n) is 2.23. The molecule has 4 heteroatoms. The van der Waals surface area contributed by atoms with Crippen LogP contribution in [0.1, 0.15) is 45.4 Å². The number of halogens is 1. The molecule has 0 aliphatic heterocycles. The van der Waals surface area contributed by atoms with Crippen LogP contribution in [0.5, 0.6) is 0 Å². The highest BCUT2D eigenvalue weighted by molar-refractivity contribution is 14.1. The Kier molecular flexibility index (Phi) is 6.92. The van der Waals surface area contributed by atoms with E-state index < -0.39 is 5.97 Å². The van der Waals surface area contributed by atoms with Gasteiger partial charge >= 0.3 is 5.97 Å². The summed E-state index contributed by atoms with van der Waals surface area (Å²) in [5, 5.41) is 9.29. The first kappa shape index (κ1) is 14.8. The number of hydrogen-bond donors (Lipinski definition) is 1. The zero-order chi connectivity index (χ0) is 12.7. The van der Waals surface area contributed by atoms with Crippen molar-refractivity contribution in [1.82, 2.24) is 4.90 Å². The number of carbonyl (C=O) groups is 1. The van der Waals surface area contributed by atoms with Crippen LogP contribution in [0.4, 0.5) is 0 Å². The summed E-state index contributed by atoms with van der Waals surface area (Å²) in [6, 6.07) is -0.350. The average Bonchev–Trinajstić information content (AvgIpc) is 2.81. The van der Waals surface area contributed by atoms with Gasteiger partial charge in [-0.25, -0.2) is 4.79 Å². The molecule has 17 heavy (non-hydrogen) atoms. The van der Waals surface area contributed by atoms with E-state index in [1.807, 2.05) is 0 Å². The molecule has 0 aromatic carbocycles. The SMILES string of the molecule is CCCCCN(C1=CCCC1)C(CI)C(=O)O. The van der Waals surface area contributed by atoms with Crippen LogP contribution in [-0.2, 0) is 4.79 Å². The average molecular weight is 351 g/mol. The van der Waals surface area contributed by atoms with Gasteiger partial charge in [0.25, 0.3) is 0 Å². The van der Waals surface area contributed by atoms with Crippen molar-refractivity contribution in [3.8, 4) is 0 Å². The Hall–Kier alpha value is -0.260. The van der Waals surface area contributed by atoms with Crippen LogP contribution in [0.15, 0.2) is 11.8 Å². The van der Waals surface area contributed by atoms with Crippen molar-refractivity contribution in [2.24, 2.45) is 0 Å². The summed E-state index contributed by atoms with van der Waals surface area (Å²) >= 11 is 2.18. The maximum Gasteiger partial charge on any atom is 0.327 e. The molecule has 0 bridgehead atoms. The second kappa shape index (κ2) is 7.95. The Morgan fingerprint density at radius 3 is 2.82 bits per heavy atom. The molecule has 1 rings (SSSR count). The van der Waals surface area contributed by atoms with Crippen LogP contribution in [0.2, 0.25) is 0 Å². The lowest BCUT2D eigenvalue weighted by molar-refractivity contribution is -0.141. The molecule has 0 aromatic rings. The van der Waals surface area contributed by atoms with Gasteiger partial charge in [0.2, 0.25) is 0 Å². The Morgan fingerprint density at radius 1 is 1.59 bits per heavy atom. The first-order chi connectivity index (χ1) is 8.20. The minimum atomic E-state index is -0.691. The molecule has 0 amide bonds. The van der Waals surface area contributed by atoms with E-state index in [-0.39, 0.29) is 6.04 Å². The lowest BCUT2D eigenvalue weighted by atomic mass is 10.2. The zero-order valence-electron chi connectivity index (χ0n) is 10.5. The molecule has 1 N–H and O–H groups in total. The number of nitrogens with zero attached hydrogens (tertiary/aromatic N) is 1. The predicted octanol–water partition coefficient (Wildman–Crippen LogP) is 3.43. The molecule has 1 atom stereocenters. The highest BCUT2D eigenvalue weighted by atomic mass is 127. The highest BCUT2D eigenvalue weighted by Crippen LogP contribution is 2.25. The molecule has 0 saturated heterocycles. The number of carboxylic acids is 1. The minimum Gasteiger partial charge on any atom is -0.480 e. The second-order valence-electron chi connectivity index (χ2n) is 4.50. The topological polar surface area (TPSA) is 40.5 Å². The summed E-state index contributed by atoms with van der Waals surface area (Å²) in [4.78, 5) is 13.4. The van der Waals surface area contributed by atoms with Crippen LogP contribution in [0.3, 0.4) is 0 Å². The number of alkyl halides is 1. The van der Waals surface area contributed by atoms with Gasteiger partial charge in [0.15, 0.2) is 0 Å². The van der Waals surface area contributed by atoms with E-state index in [1.165, 1.54) is 25.0 Å². The quantitative estimate of drug-likeness (QED) is 0.414. The summed E-state index contributed by atoms with van der Waals surface area (Å²) in [5.74, 6) is -0.691. The molecule has 1 aliphatic rings. The zero-order valence-corrected chi connectivity index (χ0v) is 12.6. The maximum absolute atomic E-state index is 11.3. The summed E-state index contributed by atoms with van der Waals surface area (Å²) in [6.45, 7) is 3.06. The van der Waals surface area contributed by atoms with E-state index in [4.69, 9.17) is 0 Å². The largest absolute Gasteiger partial charge is 0.480 e. The number of allylic oxidation sites excluding steroid dienone is 2. The normalized spacial score (nSPS) is 16.7. The third-order valence-electron chi connectivity index (χ3n) is 3.20. The standard InChI is InChI=1S/C13H22INO2/c1-2-3-6-9-15(11-7-4-5-8-11)12(10-14)13(16)17/h7,12H,2-6,8-10H2,1H3,(H,16,17). The Labute approximate surface area is 117 Å². The Bertz CT molecular complexity index is 279. The molecular weight excluding hydrogens is 329 g/mol. The number of rotatable bonds is 8. The summed E-state index contributed by atoms with van der Waals surface area (Å²) < 4.78 is 0.649. The monoisotopic (exact) mass is 351 g/mol. The molecule has 0 radical (unpaired) electrons. The van der Waals surface area contributed by atoms with Crippen molar-refractivity contribution in [3.63, 3.8) is 0 Å². The van der Waals surface area contributed by atoms with Crippen LogP contribution in [-0.4, -0.2) is 33.0 Å². The highest BCUT2D eigenvalue weighted by Gasteiger charge is 2.26. The molecule has 0 saturated carbocycles. The summed E-state index contributed by atoms with van der Waals surface area (Å²) in [7, 11) is 0.